The molecule has 2 heterocycles. The number of carboxylic acids is 1. The third-order valence-electron chi connectivity index (χ3n) is 3.36. The summed E-state index contributed by atoms with van der Waals surface area (Å²) < 4.78 is 2.95. The predicted molar refractivity (Wildman–Crippen MR) is 90.6 cm³/mol. The van der Waals surface area contributed by atoms with E-state index in [1.807, 2.05) is 12.1 Å². The second-order valence-corrected chi connectivity index (χ2v) is 5.77. The highest BCUT2D eigenvalue weighted by atomic mass is 35.5. The van der Waals surface area contributed by atoms with Gasteiger partial charge in [0.15, 0.2) is 0 Å². The van der Waals surface area contributed by atoms with Crippen LogP contribution in [0.2, 0.25) is 5.02 Å². The van der Waals surface area contributed by atoms with Crippen molar-refractivity contribution < 1.29 is 14.7 Å². The Labute approximate surface area is 147 Å². The molecule has 8 nitrogen and oxygen atoms in total. The zero-order valence-electron chi connectivity index (χ0n) is 13.0. The first-order valence-corrected chi connectivity index (χ1v) is 7.70. The van der Waals surface area contributed by atoms with Gasteiger partial charge in [0.05, 0.1) is 30.2 Å². The number of aromatic nitrogens is 4. The molecule has 0 radical (unpaired) electrons. The van der Waals surface area contributed by atoms with E-state index in [0.717, 1.165) is 5.56 Å². The maximum Gasteiger partial charge on any atom is 0.338 e. The molecule has 25 heavy (non-hydrogen) atoms. The van der Waals surface area contributed by atoms with Crippen LogP contribution in [0.4, 0.5) is 5.69 Å². The number of anilines is 1. The van der Waals surface area contributed by atoms with Crippen molar-refractivity contribution in [1.82, 2.24) is 19.6 Å². The fraction of sp³-hybridized carbons (Fsp3) is 0.125. The molecule has 1 amide bonds. The predicted octanol–water partition coefficient (Wildman–Crippen LogP) is 2.12. The van der Waals surface area contributed by atoms with E-state index >= 15 is 0 Å². The Balaban J connectivity index is 1.57. The van der Waals surface area contributed by atoms with Crippen LogP contribution in [-0.2, 0) is 17.9 Å². The normalized spacial score (nSPS) is 10.6. The molecule has 0 spiro atoms. The second-order valence-electron chi connectivity index (χ2n) is 5.33. The molecule has 0 aliphatic heterocycles. The Kier molecular flexibility index (Phi) is 4.80. The van der Waals surface area contributed by atoms with E-state index in [9.17, 15) is 9.59 Å². The van der Waals surface area contributed by atoms with Crippen LogP contribution < -0.4 is 5.32 Å². The molecule has 0 bridgehead atoms. The number of rotatable bonds is 6. The first-order valence-electron chi connectivity index (χ1n) is 7.32. The van der Waals surface area contributed by atoms with Crippen LogP contribution in [0.15, 0.2) is 49.1 Å². The van der Waals surface area contributed by atoms with Crippen LogP contribution >= 0.6 is 11.6 Å². The Morgan fingerprint density at radius 2 is 1.80 bits per heavy atom. The molecule has 0 saturated heterocycles. The average molecular weight is 360 g/mol. The van der Waals surface area contributed by atoms with Crippen molar-refractivity contribution in [3.63, 3.8) is 0 Å². The molecular weight excluding hydrogens is 346 g/mol. The Hall–Kier alpha value is -3.13. The largest absolute Gasteiger partial charge is 0.478 e. The molecule has 0 unspecified atom stereocenters. The van der Waals surface area contributed by atoms with Gasteiger partial charge in [0, 0.05) is 17.4 Å². The lowest BCUT2D eigenvalue weighted by Crippen LogP contribution is -2.18. The molecule has 1 aromatic carbocycles. The highest BCUT2D eigenvalue weighted by molar-refractivity contribution is 6.30. The molecule has 0 fully saturated rings. The fourth-order valence-corrected chi connectivity index (χ4v) is 2.33. The Bertz CT molecular complexity index is 901. The summed E-state index contributed by atoms with van der Waals surface area (Å²) in [7, 11) is 0. The number of amides is 1. The molecule has 3 aromatic rings. The van der Waals surface area contributed by atoms with Crippen molar-refractivity contribution in [3.8, 4) is 0 Å². The molecule has 0 aliphatic rings. The van der Waals surface area contributed by atoms with Crippen LogP contribution in [0.25, 0.3) is 0 Å². The summed E-state index contributed by atoms with van der Waals surface area (Å²) in [4.78, 5) is 22.8. The Morgan fingerprint density at radius 3 is 2.48 bits per heavy atom. The molecule has 9 heteroatoms. The zero-order chi connectivity index (χ0) is 17.8. The van der Waals surface area contributed by atoms with E-state index in [-0.39, 0.29) is 18.0 Å². The number of aromatic carboxylic acids is 1. The summed E-state index contributed by atoms with van der Waals surface area (Å²) >= 11 is 5.85. The molecule has 0 atom stereocenters. The van der Waals surface area contributed by atoms with Gasteiger partial charge in [-0.25, -0.2) is 4.79 Å². The minimum Gasteiger partial charge on any atom is -0.478 e. The summed E-state index contributed by atoms with van der Waals surface area (Å²) in [5.74, 6) is -1.42. The monoisotopic (exact) mass is 359 g/mol. The van der Waals surface area contributed by atoms with Gasteiger partial charge in [0.2, 0.25) is 5.91 Å². The van der Waals surface area contributed by atoms with Crippen molar-refractivity contribution in [1.29, 1.82) is 0 Å². The number of halogens is 1. The highest BCUT2D eigenvalue weighted by Gasteiger charge is 2.10. The summed E-state index contributed by atoms with van der Waals surface area (Å²) in [6.45, 7) is 0.462. The lowest BCUT2D eigenvalue weighted by Gasteiger charge is -2.03. The molecule has 0 aliphatic carbocycles. The highest BCUT2D eigenvalue weighted by Crippen LogP contribution is 2.12. The number of carbonyl (C=O) groups is 2. The fourth-order valence-electron chi connectivity index (χ4n) is 2.20. The van der Waals surface area contributed by atoms with E-state index < -0.39 is 5.97 Å². The lowest BCUT2D eigenvalue weighted by molar-refractivity contribution is -0.116. The lowest BCUT2D eigenvalue weighted by atomic mass is 10.2. The van der Waals surface area contributed by atoms with Gasteiger partial charge >= 0.3 is 5.97 Å². The molecule has 0 saturated carbocycles. The first kappa shape index (κ1) is 16.7. The van der Waals surface area contributed by atoms with Gasteiger partial charge in [-0.3, -0.25) is 14.2 Å². The van der Waals surface area contributed by atoms with E-state index in [1.165, 1.54) is 17.1 Å². The number of carbonyl (C=O) groups excluding carboxylic acids is 1. The second kappa shape index (κ2) is 7.18. The van der Waals surface area contributed by atoms with E-state index in [2.05, 4.69) is 15.5 Å². The number of benzene rings is 1. The number of hydrogen-bond acceptors (Lipinski definition) is 4. The first-order chi connectivity index (χ1) is 12.0. The van der Waals surface area contributed by atoms with Gasteiger partial charge in [-0.05, 0) is 17.7 Å². The van der Waals surface area contributed by atoms with Crippen molar-refractivity contribution >= 4 is 29.2 Å². The number of nitrogens with zero attached hydrogens (tertiary/aromatic N) is 4. The quantitative estimate of drug-likeness (QED) is 0.701. The van der Waals surface area contributed by atoms with E-state index in [0.29, 0.717) is 17.3 Å². The summed E-state index contributed by atoms with van der Waals surface area (Å²) in [6.07, 6.45) is 5.74. The third-order valence-corrected chi connectivity index (χ3v) is 3.61. The van der Waals surface area contributed by atoms with Crippen molar-refractivity contribution in [3.05, 3.63) is 65.2 Å². The van der Waals surface area contributed by atoms with Gasteiger partial charge in [-0.2, -0.15) is 10.2 Å². The summed E-state index contributed by atoms with van der Waals surface area (Å²) in [6, 6.07) is 7.41. The van der Waals surface area contributed by atoms with E-state index in [1.54, 1.807) is 29.2 Å². The van der Waals surface area contributed by atoms with E-state index in [4.69, 9.17) is 16.7 Å². The SMILES string of the molecule is O=C(Cn1cc(C(=O)O)cn1)Nc1cnn(Cc2ccc(Cl)cc2)c1. The molecule has 2 N–H and O–H groups in total. The van der Waals surface area contributed by atoms with Crippen LogP contribution in [0.5, 0.6) is 0 Å². The van der Waals surface area contributed by atoms with Gasteiger partial charge < -0.3 is 10.4 Å². The van der Waals surface area contributed by atoms with Gasteiger partial charge in [-0.15, -0.1) is 0 Å². The molecule has 2 aromatic heterocycles. The van der Waals surface area contributed by atoms with Gasteiger partial charge in [0.25, 0.3) is 0 Å². The number of carboxylic acid groups (broad SMARTS) is 1. The van der Waals surface area contributed by atoms with Crippen molar-refractivity contribution in [2.75, 3.05) is 5.32 Å². The standard InChI is InChI=1S/C16H14ClN5O3/c17-13-3-1-11(2-4-13)7-21-9-14(6-19-21)20-15(23)10-22-8-12(5-18-22)16(24)25/h1-6,8-9H,7,10H2,(H,20,23)(H,24,25). The number of nitrogens with one attached hydrogen (secondary N) is 1. The maximum absolute atomic E-state index is 12.0. The minimum atomic E-state index is -1.09. The maximum atomic E-state index is 12.0. The summed E-state index contributed by atoms with van der Waals surface area (Å²) in [5, 5.41) is 20.2. The van der Waals surface area contributed by atoms with Gasteiger partial charge in [-0.1, -0.05) is 23.7 Å². The van der Waals surface area contributed by atoms with Gasteiger partial charge in [0.1, 0.15) is 6.54 Å². The van der Waals surface area contributed by atoms with Crippen molar-refractivity contribution in [2.45, 2.75) is 13.1 Å². The minimum absolute atomic E-state index is 0.0311. The molecule has 128 valence electrons. The third kappa shape index (κ3) is 4.45. The average Bonchev–Trinajstić information content (AvgIpc) is 3.19. The topological polar surface area (TPSA) is 102 Å². The molecular formula is C16H14ClN5O3. The smallest absolute Gasteiger partial charge is 0.338 e. The van der Waals surface area contributed by atoms with Crippen LogP contribution in [-0.4, -0.2) is 36.5 Å². The Morgan fingerprint density at radius 1 is 1.08 bits per heavy atom. The van der Waals surface area contributed by atoms with Crippen LogP contribution in [0, 0.1) is 0 Å². The summed E-state index contributed by atoms with van der Waals surface area (Å²) in [5.41, 5.74) is 1.61. The zero-order valence-corrected chi connectivity index (χ0v) is 13.7. The van der Waals surface area contributed by atoms with Crippen molar-refractivity contribution in [2.24, 2.45) is 0 Å². The number of hydrogen-bond donors (Lipinski definition) is 2. The van der Waals surface area contributed by atoms with Crippen LogP contribution in [0.3, 0.4) is 0 Å². The molecule has 3 rings (SSSR count). The van der Waals surface area contributed by atoms with Crippen LogP contribution in [0.1, 0.15) is 15.9 Å².